The van der Waals surface area contributed by atoms with Crippen molar-refractivity contribution < 1.29 is 9.47 Å². The molecule has 0 aliphatic heterocycles. The molecule has 0 radical (unpaired) electrons. The number of hydrogen-bond acceptors (Lipinski definition) is 3. The van der Waals surface area contributed by atoms with Gasteiger partial charge in [-0.2, -0.15) is 0 Å². The molecule has 0 unspecified atom stereocenters. The highest BCUT2D eigenvalue weighted by atomic mass is 16.5. The lowest BCUT2D eigenvalue weighted by atomic mass is 10.2. The van der Waals surface area contributed by atoms with Crippen LogP contribution in [-0.2, 0) is 6.61 Å². The van der Waals surface area contributed by atoms with Crippen molar-refractivity contribution in [1.29, 1.82) is 0 Å². The largest absolute Gasteiger partial charge is 0.494 e. The van der Waals surface area contributed by atoms with Crippen LogP contribution in [0.4, 0.5) is 5.69 Å². The summed E-state index contributed by atoms with van der Waals surface area (Å²) in [6.45, 7) is 2.50. The number of nitrogens with two attached hydrogens (primary N) is 1. The molecule has 18 heavy (non-hydrogen) atoms. The van der Waals surface area contributed by atoms with Gasteiger partial charge in [-0.25, -0.2) is 0 Å². The highest BCUT2D eigenvalue weighted by Gasteiger charge is 2.06. The van der Waals surface area contributed by atoms with Gasteiger partial charge in [0.2, 0.25) is 0 Å². The third-order valence-corrected chi connectivity index (χ3v) is 2.76. The molecule has 2 rings (SSSR count). The van der Waals surface area contributed by atoms with Crippen LogP contribution in [0.15, 0.2) is 42.5 Å². The maximum absolute atomic E-state index is 5.83. The molecule has 0 aliphatic carbocycles. The first kappa shape index (κ1) is 12.3. The molecule has 0 saturated heterocycles. The summed E-state index contributed by atoms with van der Waals surface area (Å²) in [5.74, 6) is 1.44. The first-order valence-corrected chi connectivity index (χ1v) is 5.81. The summed E-state index contributed by atoms with van der Waals surface area (Å²) >= 11 is 0. The zero-order valence-electron chi connectivity index (χ0n) is 10.6. The summed E-state index contributed by atoms with van der Waals surface area (Å²) in [6.07, 6.45) is 0. The second-order valence-corrected chi connectivity index (χ2v) is 4.13. The van der Waals surface area contributed by atoms with E-state index in [1.54, 1.807) is 7.11 Å². The number of ether oxygens (including phenoxy) is 2. The predicted molar refractivity (Wildman–Crippen MR) is 72.9 cm³/mol. The van der Waals surface area contributed by atoms with E-state index in [1.165, 1.54) is 0 Å². The van der Waals surface area contributed by atoms with Gasteiger partial charge in [-0.15, -0.1) is 0 Å². The third-order valence-electron chi connectivity index (χ3n) is 2.76. The molecule has 0 amide bonds. The van der Waals surface area contributed by atoms with Gasteiger partial charge in [0.15, 0.2) is 0 Å². The Morgan fingerprint density at radius 1 is 1.06 bits per heavy atom. The number of aryl methyl sites for hydroxylation is 1. The van der Waals surface area contributed by atoms with Crippen LogP contribution in [-0.4, -0.2) is 7.11 Å². The number of benzene rings is 2. The van der Waals surface area contributed by atoms with Crippen molar-refractivity contribution >= 4 is 5.69 Å². The van der Waals surface area contributed by atoms with Crippen molar-refractivity contribution in [3.63, 3.8) is 0 Å². The van der Waals surface area contributed by atoms with Crippen LogP contribution in [0.5, 0.6) is 11.5 Å². The Labute approximate surface area is 107 Å². The Bertz CT molecular complexity index is 524. The number of methoxy groups -OCH3 is 1. The van der Waals surface area contributed by atoms with Gasteiger partial charge in [0.25, 0.3) is 0 Å². The van der Waals surface area contributed by atoms with E-state index in [9.17, 15) is 0 Å². The normalized spacial score (nSPS) is 10.1. The van der Waals surface area contributed by atoms with Crippen molar-refractivity contribution in [2.24, 2.45) is 0 Å². The average molecular weight is 243 g/mol. The molecule has 0 spiro atoms. The maximum Gasteiger partial charge on any atom is 0.145 e. The fraction of sp³-hybridized carbons (Fsp3) is 0.200. The standard InChI is InChI=1S/C15H17NO2/c1-11-8-13(16)15(17-2)9-14(11)18-10-12-6-4-3-5-7-12/h3-9H,10,16H2,1-2H3. The molecule has 2 N–H and O–H groups in total. The Balaban J connectivity index is 2.14. The summed E-state index contributed by atoms with van der Waals surface area (Å²) in [5.41, 5.74) is 8.59. The Morgan fingerprint density at radius 2 is 1.78 bits per heavy atom. The fourth-order valence-corrected chi connectivity index (χ4v) is 1.76. The van der Waals surface area contributed by atoms with Crippen LogP contribution in [0.3, 0.4) is 0 Å². The van der Waals surface area contributed by atoms with E-state index in [-0.39, 0.29) is 0 Å². The lowest BCUT2D eigenvalue weighted by Gasteiger charge is -2.12. The van der Waals surface area contributed by atoms with Gasteiger partial charge >= 0.3 is 0 Å². The van der Waals surface area contributed by atoms with Crippen molar-refractivity contribution in [3.05, 3.63) is 53.6 Å². The predicted octanol–water partition coefficient (Wildman–Crippen LogP) is 3.16. The van der Waals surface area contributed by atoms with E-state index in [1.807, 2.05) is 49.4 Å². The van der Waals surface area contributed by atoms with Gasteiger partial charge in [-0.3, -0.25) is 0 Å². The molecule has 0 bridgehead atoms. The van der Waals surface area contributed by atoms with Crippen molar-refractivity contribution in [1.82, 2.24) is 0 Å². The van der Waals surface area contributed by atoms with Gasteiger partial charge in [-0.05, 0) is 24.1 Å². The number of nitrogen functional groups attached to an aromatic ring is 1. The summed E-state index contributed by atoms with van der Waals surface area (Å²) in [7, 11) is 1.60. The molecule has 0 saturated carbocycles. The fourth-order valence-electron chi connectivity index (χ4n) is 1.76. The molecule has 3 heteroatoms. The second-order valence-electron chi connectivity index (χ2n) is 4.13. The van der Waals surface area contributed by atoms with E-state index in [0.717, 1.165) is 16.9 Å². The zero-order valence-corrected chi connectivity index (χ0v) is 10.6. The third kappa shape index (κ3) is 2.74. The molecule has 0 heterocycles. The number of anilines is 1. The van der Waals surface area contributed by atoms with E-state index >= 15 is 0 Å². The minimum atomic E-state index is 0.536. The minimum absolute atomic E-state index is 0.536. The molecular weight excluding hydrogens is 226 g/mol. The van der Waals surface area contributed by atoms with Crippen LogP contribution in [0.1, 0.15) is 11.1 Å². The van der Waals surface area contributed by atoms with Gasteiger partial charge in [-0.1, -0.05) is 30.3 Å². The quantitative estimate of drug-likeness (QED) is 0.839. The monoisotopic (exact) mass is 243 g/mol. The van der Waals surface area contributed by atoms with Crippen molar-refractivity contribution in [3.8, 4) is 11.5 Å². The van der Waals surface area contributed by atoms with Crippen LogP contribution >= 0.6 is 0 Å². The van der Waals surface area contributed by atoms with E-state index in [4.69, 9.17) is 15.2 Å². The van der Waals surface area contributed by atoms with Gasteiger partial charge < -0.3 is 15.2 Å². The maximum atomic E-state index is 5.83. The Morgan fingerprint density at radius 3 is 2.44 bits per heavy atom. The van der Waals surface area contributed by atoms with Crippen LogP contribution in [0, 0.1) is 6.92 Å². The minimum Gasteiger partial charge on any atom is -0.494 e. The van der Waals surface area contributed by atoms with E-state index < -0.39 is 0 Å². The Hall–Kier alpha value is -2.16. The number of hydrogen-bond donors (Lipinski definition) is 1. The van der Waals surface area contributed by atoms with Crippen LogP contribution in [0.2, 0.25) is 0 Å². The molecule has 2 aromatic carbocycles. The topological polar surface area (TPSA) is 44.5 Å². The molecule has 94 valence electrons. The lowest BCUT2D eigenvalue weighted by molar-refractivity contribution is 0.301. The van der Waals surface area contributed by atoms with Crippen LogP contribution in [0.25, 0.3) is 0 Å². The molecule has 0 atom stereocenters. The van der Waals surface area contributed by atoms with Crippen LogP contribution < -0.4 is 15.2 Å². The zero-order chi connectivity index (χ0) is 13.0. The van der Waals surface area contributed by atoms with E-state index in [0.29, 0.717) is 18.0 Å². The van der Waals surface area contributed by atoms with Gasteiger partial charge in [0.05, 0.1) is 12.8 Å². The smallest absolute Gasteiger partial charge is 0.145 e. The molecule has 0 fully saturated rings. The molecule has 2 aromatic rings. The first-order chi connectivity index (χ1) is 8.70. The summed E-state index contributed by atoms with van der Waals surface area (Å²) < 4.78 is 11.0. The molecular formula is C15H17NO2. The van der Waals surface area contributed by atoms with Gasteiger partial charge in [0.1, 0.15) is 18.1 Å². The average Bonchev–Trinajstić information content (AvgIpc) is 2.39. The van der Waals surface area contributed by atoms with Gasteiger partial charge in [0, 0.05) is 6.07 Å². The highest BCUT2D eigenvalue weighted by Crippen LogP contribution is 2.30. The SMILES string of the molecule is COc1cc(OCc2ccccc2)c(C)cc1N. The Kier molecular flexibility index (Phi) is 3.72. The van der Waals surface area contributed by atoms with Crippen molar-refractivity contribution in [2.45, 2.75) is 13.5 Å². The highest BCUT2D eigenvalue weighted by molar-refractivity contribution is 5.58. The number of rotatable bonds is 4. The van der Waals surface area contributed by atoms with Crippen molar-refractivity contribution in [2.75, 3.05) is 12.8 Å². The molecule has 0 aromatic heterocycles. The summed E-state index contributed by atoms with van der Waals surface area (Å²) in [5, 5.41) is 0. The molecule has 3 nitrogen and oxygen atoms in total. The molecule has 0 aliphatic rings. The first-order valence-electron chi connectivity index (χ1n) is 5.81. The lowest BCUT2D eigenvalue weighted by Crippen LogP contribution is -1.99. The summed E-state index contributed by atoms with van der Waals surface area (Å²) in [4.78, 5) is 0. The summed E-state index contributed by atoms with van der Waals surface area (Å²) in [6, 6.07) is 13.7. The van der Waals surface area contributed by atoms with E-state index in [2.05, 4.69) is 0 Å². The second kappa shape index (κ2) is 5.45.